The van der Waals surface area contributed by atoms with Crippen molar-refractivity contribution in [1.29, 1.82) is 0 Å². The molecule has 4 nitrogen and oxygen atoms in total. The predicted octanol–water partition coefficient (Wildman–Crippen LogP) is 2.20. The molecule has 0 saturated carbocycles. The maximum atomic E-state index is 11.8. The van der Waals surface area contributed by atoms with Crippen molar-refractivity contribution in [1.82, 2.24) is 9.88 Å². The van der Waals surface area contributed by atoms with Crippen LogP contribution < -0.4 is 5.63 Å². The van der Waals surface area contributed by atoms with Gasteiger partial charge in [-0.05, 0) is 32.6 Å². The number of nitrogens with zero attached hydrogens (tertiary/aromatic N) is 2. The summed E-state index contributed by atoms with van der Waals surface area (Å²) in [7, 11) is 3.90. The van der Waals surface area contributed by atoms with Crippen LogP contribution in [0.2, 0.25) is 0 Å². The second-order valence-corrected chi connectivity index (χ2v) is 4.24. The Kier molecular flexibility index (Phi) is 3.24. The first-order chi connectivity index (χ1) is 8.13. The van der Waals surface area contributed by atoms with E-state index in [4.69, 9.17) is 4.42 Å². The van der Waals surface area contributed by atoms with Gasteiger partial charge in [-0.3, -0.25) is 4.90 Å². The van der Waals surface area contributed by atoms with Crippen LogP contribution >= 0.6 is 0 Å². The second-order valence-electron chi connectivity index (χ2n) is 4.24. The fraction of sp³-hybridized carbons (Fsp3) is 0.385. The number of benzene rings is 1. The topological polar surface area (TPSA) is 46.3 Å². The Labute approximate surface area is 99.9 Å². The molecule has 0 aliphatic heterocycles. The van der Waals surface area contributed by atoms with Crippen molar-refractivity contribution in [2.24, 2.45) is 0 Å². The van der Waals surface area contributed by atoms with E-state index < -0.39 is 0 Å². The number of aromatic nitrogens is 1. The quantitative estimate of drug-likeness (QED) is 0.814. The highest BCUT2D eigenvalue weighted by Crippen LogP contribution is 2.20. The van der Waals surface area contributed by atoms with E-state index in [0.717, 1.165) is 6.42 Å². The highest BCUT2D eigenvalue weighted by Gasteiger charge is 2.17. The van der Waals surface area contributed by atoms with Crippen molar-refractivity contribution in [2.75, 3.05) is 14.1 Å². The van der Waals surface area contributed by atoms with Crippen molar-refractivity contribution >= 4 is 10.9 Å². The summed E-state index contributed by atoms with van der Waals surface area (Å²) in [5.41, 5.74) is 0.380. The Morgan fingerprint density at radius 2 is 2.06 bits per heavy atom. The Hall–Kier alpha value is -1.68. The SMILES string of the molecule is CCC(c1nc2ccccc2c(=O)o1)N(C)C. The van der Waals surface area contributed by atoms with Gasteiger partial charge in [0, 0.05) is 0 Å². The number of fused-ring (bicyclic) bond motifs is 1. The van der Waals surface area contributed by atoms with Crippen LogP contribution in [0, 0.1) is 0 Å². The van der Waals surface area contributed by atoms with Crippen LogP contribution in [0.1, 0.15) is 25.3 Å². The van der Waals surface area contributed by atoms with Crippen molar-refractivity contribution in [2.45, 2.75) is 19.4 Å². The molecule has 0 bridgehead atoms. The lowest BCUT2D eigenvalue weighted by molar-refractivity contribution is 0.234. The van der Waals surface area contributed by atoms with Crippen molar-refractivity contribution in [3.63, 3.8) is 0 Å². The second kappa shape index (κ2) is 4.67. The van der Waals surface area contributed by atoms with Gasteiger partial charge in [-0.2, -0.15) is 0 Å². The van der Waals surface area contributed by atoms with Gasteiger partial charge in [-0.1, -0.05) is 19.1 Å². The first-order valence-electron chi connectivity index (χ1n) is 5.69. The molecule has 4 heteroatoms. The zero-order valence-electron chi connectivity index (χ0n) is 10.3. The molecule has 1 unspecified atom stereocenters. The normalized spacial score (nSPS) is 13.2. The highest BCUT2D eigenvalue weighted by molar-refractivity contribution is 5.76. The zero-order chi connectivity index (χ0) is 12.4. The molecule has 1 aromatic carbocycles. The molecule has 0 fully saturated rings. The van der Waals surface area contributed by atoms with Crippen LogP contribution in [0.5, 0.6) is 0 Å². The van der Waals surface area contributed by atoms with Crippen LogP contribution in [0.15, 0.2) is 33.5 Å². The van der Waals surface area contributed by atoms with Crippen LogP contribution in [0.3, 0.4) is 0 Å². The average molecular weight is 232 g/mol. The number of hydrogen-bond donors (Lipinski definition) is 0. The van der Waals surface area contributed by atoms with Gasteiger partial charge in [0.05, 0.1) is 16.9 Å². The van der Waals surface area contributed by atoms with Gasteiger partial charge in [-0.15, -0.1) is 0 Å². The van der Waals surface area contributed by atoms with Crippen LogP contribution in [0.4, 0.5) is 0 Å². The molecule has 90 valence electrons. The minimum atomic E-state index is -0.314. The summed E-state index contributed by atoms with van der Waals surface area (Å²) in [6, 6.07) is 7.28. The molecule has 0 saturated heterocycles. The average Bonchev–Trinajstić information content (AvgIpc) is 2.29. The lowest BCUT2D eigenvalue weighted by Crippen LogP contribution is -2.21. The molecular formula is C13H16N2O2. The third-order valence-corrected chi connectivity index (χ3v) is 2.85. The molecule has 0 amide bonds. The molecule has 0 N–H and O–H groups in total. The van der Waals surface area contributed by atoms with Gasteiger partial charge < -0.3 is 4.42 Å². The van der Waals surface area contributed by atoms with Crippen molar-refractivity contribution < 1.29 is 4.42 Å². The highest BCUT2D eigenvalue weighted by atomic mass is 16.4. The maximum absolute atomic E-state index is 11.8. The molecule has 2 rings (SSSR count). The summed E-state index contributed by atoms with van der Waals surface area (Å²) in [6.07, 6.45) is 0.848. The summed E-state index contributed by atoms with van der Waals surface area (Å²) < 4.78 is 5.30. The Bertz CT molecular complexity index is 575. The molecule has 2 aromatic rings. The lowest BCUT2D eigenvalue weighted by Gasteiger charge is -2.20. The van der Waals surface area contributed by atoms with Gasteiger partial charge in [-0.25, -0.2) is 9.78 Å². The molecule has 0 radical (unpaired) electrons. The van der Waals surface area contributed by atoms with E-state index in [2.05, 4.69) is 4.98 Å². The molecule has 0 aliphatic carbocycles. The van der Waals surface area contributed by atoms with E-state index in [1.165, 1.54) is 0 Å². The summed E-state index contributed by atoms with van der Waals surface area (Å²) in [5.74, 6) is 0.487. The van der Waals surface area contributed by atoms with Gasteiger partial charge in [0.2, 0.25) is 5.89 Å². The largest absolute Gasteiger partial charge is 0.406 e. The van der Waals surface area contributed by atoms with E-state index in [1.54, 1.807) is 6.07 Å². The fourth-order valence-corrected chi connectivity index (χ4v) is 1.94. The number of rotatable bonds is 3. The molecule has 0 spiro atoms. The van der Waals surface area contributed by atoms with Crippen molar-refractivity contribution in [3.8, 4) is 0 Å². The molecule has 0 aliphatic rings. The molecule has 17 heavy (non-hydrogen) atoms. The Morgan fingerprint density at radius 1 is 1.35 bits per heavy atom. The molecule has 1 aromatic heterocycles. The van der Waals surface area contributed by atoms with E-state index in [0.29, 0.717) is 16.8 Å². The van der Waals surface area contributed by atoms with Gasteiger partial charge in [0.25, 0.3) is 0 Å². The summed E-state index contributed by atoms with van der Waals surface area (Å²) >= 11 is 0. The standard InChI is InChI=1S/C13H16N2O2/c1-4-11(15(2)3)12-14-10-8-6-5-7-9(10)13(16)17-12/h5-8,11H,4H2,1-3H3. The van der Waals surface area contributed by atoms with Gasteiger partial charge in [0.1, 0.15) is 0 Å². The molecular weight excluding hydrogens is 216 g/mol. The Morgan fingerprint density at radius 3 is 2.71 bits per heavy atom. The summed E-state index contributed by atoms with van der Waals surface area (Å²) in [6.45, 7) is 2.04. The summed E-state index contributed by atoms with van der Waals surface area (Å²) in [5, 5.41) is 0.532. The van der Waals surface area contributed by atoms with Crippen LogP contribution in [-0.2, 0) is 0 Å². The minimum absolute atomic E-state index is 0.0345. The summed E-state index contributed by atoms with van der Waals surface area (Å²) in [4.78, 5) is 18.2. The maximum Gasteiger partial charge on any atom is 0.346 e. The first kappa shape index (κ1) is 11.8. The zero-order valence-corrected chi connectivity index (χ0v) is 10.3. The smallest absolute Gasteiger partial charge is 0.346 e. The Balaban J connectivity index is 2.60. The minimum Gasteiger partial charge on any atom is -0.406 e. The van der Waals surface area contributed by atoms with Gasteiger partial charge >= 0.3 is 5.63 Å². The number of para-hydroxylation sites is 1. The lowest BCUT2D eigenvalue weighted by atomic mass is 10.2. The van der Waals surface area contributed by atoms with Crippen molar-refractivity contribution in [3.05, 3.63) is 40.6 Å². The fourth-order valence-electron chi connectivity index (χ4n) is 1.94. The van der Waals surface area contributed by atoms with Gasteiger partial charge in [0.15, 0.2) is 0 Å². The number of hydrogen-bond acceptors (Lipinski definition) is 4. The van der Waals surface area contributed by atoms with Crippen LogP contribution in [-0.4, -0.2) is 24.0 Å². The molecule has 1 heterocycles. The van der Waals surface area contributed by atoms with Crippen LogP contribution in [0.25, 0.3) is 10.9 Å². The molecule has 1 atom stereocenters. The van der Waals surface area contributed by atoms with E-state index in [9.17, 15) is 4.79 Å². The predicted molar refractivity (Wildman–Crippen MR) is 67.0 cm³/mol. The van der Waals surface area contributed by atoms with E-state index in [-0.39, 0.29) is 11.7 Å². The monoisotopic (exact) mass is 232 g/mol. The third-order valence-electron chi connectivity index (χ3n) is 2.85. The first-order valence-corrected chi connectivity index (χ1v) is 5.69. The van der Waals surface area contributed by atoms with E-state index in [1.807, 2.05) is 44.1 Å². The van der Waals surface area contributed by atoms with E-state index >= 15 is 0 Å². The third kappa shape index (κ3) is 2.22.